The van der Waals surface area contributed by atoms with E-state index in [9.17, 15) is 9.59 Å². The molecule has 148 valence electrons. The lowest BCUT2D eigenvalue weighted by atomic mass is 10.1. The van der Waals surface area contributed by atoms with Gasteiger partial charge in [0.05, 0.1) is 17.1 Å². The largest absolute Gasteiger partial charge is 0.375 e. The van der Waals surface area contributed by atoms with Crippen molar-refractivity contribution in [2.75, 3.05) is 17.2 Å². The first-order valence-electron chi connectivity index (χ1n) is 9.09. The maximum absolute atomic E-state index is 12.6. The Labute approximate surface area is 174 Å². The fraction of sp³-hybridized carbons (Fsp3) is 0.136. The summed E-state index contributed by atoms with van der Waals surface area (Å²) in [6, 6.07) is 18.3. The first kappa shape index (κ1) is 20.4. The van der Waals surface area contributed by atoms with Gasteiger partial charge in [0.25, 0.3) is 5.91 Å². The molecular formula is C22H21ClN4O2. The van der Waals surface area contributed by atoms with Crippen LogP contribution in [-0.4, -0.2) is 23.3 Å². The number of nitrogens with one attached hydrogen (secondary N) is 3. The Morgan fingerprint density at radius 2 is 1.76 bits per heavy atom. The van der Waals surface area contributed by atoms with Crippen molar-refractivity contribution in [2.45, 2.75) is 13.5 Å². The molecule has 29 heavy (non-hydrogen) atoms. The number of aryl methyl sites for hydroxylation is 1. The Morgan fingerprint density at radius 1 is 1.00 bits per heavy atom. The van der Waals surface area contributed by atoms with E-state index < -0.39 is 0 Å². The molecule has 0 unspecified atom stereocenters. The predicted octanol–water partition coefficient (Wildman–Crippen LogP) is 4.02. The van der Waals surface area contributed by atoms with E-state index in [1.165, 1.54) is 11.8 Å². The molecule has 7 heteroatoms. The monoisotopic (exact) mass is 408 g/mol. The number of carbonyl (C=O) groups is 2. The molecule has 0 fully saturated rings. The Balaban J connectivity index is 1.57. The van der Waals surface area contributed by atoms with E-state index in [-0.39, 0.29) is 18.4 Å². The maximum Gasteiger partial charge on any atom is 0.253 e. The summed E-state index contributed by atoms with van der Waals surface area (Å²) in [7, 11) is 0. The molecule has 0 atom stereocenters. The van der Waals surface area contributed by atoms with Crippen molar-refractivity contribution in [3.05, 3.63) is 88.6 Å². The number of benzene rings is 2. The lowest BCUT2D eigenvalue weighted by Crippen LogP contribution is -2.26. The molecule has 2 aromatic carbocycles. The lowest BCUT2D eigenvalue weighted by molar-refractivity contribution is -0.114. The van der Waals surface area contributed by atoms with Crippen LogP contribution < -0.4 is 16.0 Å². The number of hydrogen-bond donors (Lipinski definition) is 3. The van der Waals surface area contributed by atoms with E-state index in [0.29, 0.717) is 28.6 Å². The summed E-state index contributed by atoms with van der Waals surface area (Å²) in [5, 5.41) is 9.07. The standard InChI is InChI=1S/C22H21ClN4O2/c1-15-6-8-16(9-7-15)12-26-22(29)18-4-2-3-5-19(18)24-14-21(28)27-20-11-10-17(23)13-25-20/h2-11,13,24H,12,14H2,1H3,(H,26,29)(H,25,27,28). The summed E-state index contributed by atoms with van der Waals surface area (Å²) in [4.78, 5) is 28.8. The minimum absolute atomic E-state index is 0.00738. The van der Waals surface area contributed by atoms with Crippen LogP contribution in [0.15, 0.2) is 66.9 Å². The summed E-state index contributed by atoms with van der Waals surface area (Å²) in [5.74, 6) is -0.0894. The normalized spacial score (nSPS) is 10.3. The zero-order valence-electron chi connectivity index (χ0n) is 15.9. The van der Waals surface area contributed by atoms with Crippen LogP contribution in [0.2, 0.25) is 5.02 Å². The maximum atomic E-state index is 12.6. The minimum atomic E-state index is -0.283. The molecule has 1 aromatic heterocycles. The topological polar surface area (TPSA) is 83.1 Å². The van der Waals surface area contributed by atoms with Crippen LogP contribution in [0.5, 0.6) is 0 Å². The second kappa shape index (κ2) is 9.71. The van der Waals surface area contributed by atoms with E-state index in [4.69, 9.17) is 11.6 Å². The quantitative estimate of drug-likeness (QED) is 0.551. The first-order chi connectivity index (χ1) is 14.0. The summed E-state index contributed by atoms with van der Waals surface area (Å²) >= 11 is 5.78. The first-order valence-corrected chi connectivity index (χ1v) is 9.47. The number of nitrogens with zero attached hydrogens (tertiary/aromatic N) is 1. The third kappa shape index (κ3) is 6.05. The number of halogens is 1. The number of carbonyl (C=O) groups excluding carboxylic acids is 2. The number of aromatic nitrogens is 1. The molecule has 0 saturated heterocycles. The average Bonchev–Trinajstić information content (AvgIpc) is 2.73. The number of anilines is 2. The molecule has 3 aromatic rings. The van der Waals surface area contributed by atoms with E-state index in [0.717, 1.165) is 5.56 Å². The average molecular weight is 409 g/mol. The number of para-hydroxylation sites is 1. The van der Waals surface area contributed by atoms with E-state index >= 15 is 0 Å². The van der Waals surface area contributed by atoms with Crippen molar-refractivity contribution in [3.8, 4) is 0 Å². The zero-order chi connectivity index (χ0) is 20.6. The SMILES string of the molecule is Cc1ccc(CNC(=O)c2ccccc2NCC(=O)Nc2ccc(Cl)cn2)cc1. The highest BCUT2D eigenvalue weighted by Gasteiger charge is 2.12. The lowest BCUT2D eigenvalue weighted by Gasteiger charge is -2.12. The highest BCUT2D eigenvalue weighted by Crippen LogP contribution is 2.15. The third-order valence-electron chi connectivity index (χ3n) is 4.18. The number of pyridine rings is 1. The number of hydrogen-bond acceptors (Lipinski definition) is 4. The van der Waals surface area contributed by atoms with Crippen LogP contribution in [0.4, 0.5) is 11.5 Å². The molecule has 0 spiro atoms. The van der Waals surface area contributed by atoms with Crippen LogP contribution in [0.25, 0.3) is 0 Å². The van der Waals surface area contributed by atoms with Crippen molar-refractivity contribution in [2.24, 2.45) is 0 Å². The third-order valence-corrected chi connectivity index (χ3v) is 4.40. The van der Waals surface area contributed by atoms with Gasteiger partial charge in [-0.15, -0.1) is 0 Å². The molecule has 0 saturated carbocycles. The Morgan fingerprint density at radius 3 is 2.48 bits per heavy atom. The van der Waals surface area contributed by atoms with Gasteiger partial charge in [-0.1, -0.05) is 53.6 Å². The minimum Gasteiger partial charge on any atom is -0.375 e. The van der Waals surface area contributed by atoms with Crippen molar-refractivity contribution in [1.29, 1.82) is 0 Å². The van der Waals surface area contributed by atoms with Crippen LogP contribution in [0, 0.1) is 6.92 Å². The molecule has 2 amide bonds. The molecule has 0 aliphatic carbocycles. The molecule has 3 N–H and O–H groups in total. The van der Waals surface area contributed by atoms with Gasteiger partial charge < -0.3 is 16.0 Å². The highest BCUT2D eigenvalue weighted by atomic mass is 35.5. The van der Waals surface area contributed by atoms with Crippen molar-refractivity contribution in [3.63, 3.8) is 0 Å². The van der Waals surface area contributed by atoms with Crippen LogP contribution in [0.3, 0.4) is 0 Å². The summed E-state index contributed by atoms with van der Waals surface area (Å²) in [6.07, 6.45) is 1.46. The van der Waals surface area contributed by atoms with Gasteiger partial charge in [-0.3, -0.25) is 9.59 Å². The summed E-state index contributed by atoms with van der Waals surface area (Å²) in [6.45, 7) is 2.44. The molecule has 6 nitrogen and oxygen atoms in total. The van der Waals surface area contributed by atoms with Gasteiger partial charge >= 0.3 is 0 Å². The van der Waals surface area contributed by atoms with Crippen molar-refractivity contribution < 1.29 is 9.59 Å². The fourth-order valence-corrected chi connectivity index (χ4v) is 2.74. The van der Waals surface area contributed by atoms with Gasteiger partial charge in [0.15, 0.2) is 0 Å². The van der Waals surface area contributed by atoms with Gasteiger partial charge in [0, 0.05) is 18.4 Å². The smallest absolute Gasteiger partial charge is 0.253 e. The van der Waals surface area contributed by atoms with Gasteiger partial charge in [0.1, 0.15) is 5.82 Å². The van der Waals surface area contributed by atoms with Gasteiger partial charge in [-0.2, -0.15) is 0 Å². The number of amides is 2. The predicted molar refractivity (Wildman–Crippen MR) is 115 cm³/mol. The van der Waals surface area contributed by atoms with Crippen LogP contribution >= 0.6 is 11.6 Å². The highest BCUT2D eigenvalue weighted by molar-refractivity contribution is 6.30. The second-order valence-corrected chi connectivity index (χ2v) is 6.91. The Hall–Kier alpha value is -3.38. The van der Waals surface area contributed by atoms with E-state index in [1.54, 1.807) is 36.4 Å². The fourth-order valence-electron chi connectivity index (χ4n) is 2.63. The second-order valence-electron chi connectivity index (χ2n) is 6.48. The Kier molecular flexibility index (Phi) is 6.81. The van der Waals surface area contributed by atoms with Gasteiger partial charge in [-0.05, 0) is 36.8 Å². The van der Waals surface area contributed by atoms with Crippen LogP contribution in [-0.2, 0) is 11.3 Å². The van der Waals surface area contributed by atoms with Crippen molar-refractivity contribution >= 4 is 34.9 Å². The molecule has 0 radical (unpaired) electrons. The Bertz CT molecular complexity index is 988. The summed E-state index contributed by atoms with van der Waals surface area (Å²) < 4.78 is 0. The van der Waals surface area contributed by atoms with Gasteiger partial charge in [0.2, 0.25) is 5.91 Å². The molecule has 0 bridgehead atoms. The number of rotatable bonds is 7. The molecular weight excluding hydrogens is 388 g/mol. The van der Waals surface area contributed by atoms with E-state index in [1.807, 2.05) is 31.2 Å². The molecule has 0 aliphatic heterocycles. The van der Waals surface area contributed by atoms with Crippen LogP contribution in [0.1, 0.15) is 21.5 Å². The van der Waals surface area contributed by atoms with Gasteiger partial charge in [-0.25, -0.2) is 4.98 Å². The summed E-state index contributed by atoms with van der Waals surface area (Å²) in [5.41, 5.74) is 3.23. The zero-order valence-corrected chi connectivity index (χ0v) is 16.7. The molecule has 3 rings (SSSR count). The molecule has 1 heterocycles. The molecule has 0 aliphatic rings. The van der Waals surface area contributed by atoms with E-state index in [2.05, 4.69) is 20.9 Å². The van der Waals surface area contributed by atoms with Crippen molar-refractivity contribution in [1.82, 2.24) is 10.3 Å².